The number of hydrogen-bond donors (Lipinski definition) is 0. The molecule has 0 unspecified atom stereocenters. The number of carbonyl (C=O) groups is 1. The van der Waals surface area contributed by atoms with Crippen LogP contribution >= 0.6 is 11.8 Å². The van der Waals surface area contributed by atoms with E-state index in [1.807, 2.05) is 47.0 Å². The van der Waals surface area contributed by atoms with Crippen LogP contribution in [0.15, 0.2) is 59.9 Å². The summed E-state index contributed by atoms with van der Waals surface area (Å²) in [5.74, 6) is 1.19. The normalized spacial score (nSPS) is 11.0. The molecule has 0 amide bonds. The molecule has 0 spiro atoms. The van der Waals surface area contributed by atoms with Crippen molar-refractivity contribution >= 4 is 28.6 Å². The second-order valence-corrected chi connectivity index (χ2v) is 8.11. The van der Waals surface area contributed by atoms with Crippen molar-refractivity contribution in [3.63, 3.8) is 0 Å². The van der Waals surface area contributed by atoms with Gasteiger partial charge >= 0.3 is 5.97 Å². The summed E-state index contributed by atoms with van der Waals surface area (Å²) in [5, 5.41) is 10.3. The highest BCUT2D eigenvalue weighted by atomic mass is 32.2. The fraction of sp³-hybridized carbons (Fsp3) is 0.250. The molecule has 0 aliphatic rings. The van der Waals surface area contributed by atoms with E-state index in [1.54, 1.807) is 13.1 Å². The van der Waals surface area contributed by atoms with Gasteiger partial charge in [0.15, 0.2) is 11.0 Å². The Morgan fingerprint density at radius 1 is 1.06 bits per heavy atom. The highest BCUT2D eigenvalue weighted by Gasteiger charge is 2.19. The summed E-state index contributed by atoms with van der Waals surface area (Å²) in [6.45, 7) is 6.46. The van der Waals surface area contributed by atoms with Gasteiger partial charge in [-0.25, -0.2) is 0 Å². The van der Waals surface area contributed by atoms with Crippen molar-refractivity contribution in [2.75, 3.05) is 12.4 Å². The Morgan fingerprint density at radius 3 is 2.72 bits per heavy atom. The minimum Gasteiger partial charge on any atom is -0.483 e. The van der Waals surface area contributed by atoms with E-state index in [2.05, 4.69) is 35.1 Å². The number of nitrogens with zero attached hydrogens (tertiary/aromatic N) is 4. The number of hydrogen-bond acceptors (Lipinski definition) is 7. The van der Waals surface area contributed by atoms with E-state index in [0.29, 0.717) is 23.3 Å². The highest BCUT2D eigenvalue weighted by molar-refractivity contribution is 7.99. The Bertz CT molecular complexity index is 1250. The second kappa shape index (κ2) is 9.82. The maximum Gasteiger partial charge on any atom is 0.316 e. The van der Waals surface area contributed by atoms with Gasteiger partial charge in [0.1, 0.15) is 17.9 Å². The number of ether oxygens (including phenoxy) is 2. The van der Waals surface area contributed by atoms with Crippen LogP contribution < -0.4 is 4.74 Å². The molecule has 32 heavy (non-hydrogen) atoms. The number of aryl methyl sites for hydroxylation is 1. The van der Waals surface area contributed by atoms with Crippen LogP contribution in [0.3, 0.4) is 0 Å². The lowest BCUT2D eigenvalue weighted by atomic mass is 10.1. The van der Waals surface area contributed by atoms with Crippen molar-refractivity contribution < 1.29 is 14.3 Å². The Labute approximate surface area is 190 Å². The lowest BCUT2D eigenvalue weighted by Crippen LogP contribution is -2.10. The zero-order valence-electron chi connectivity index (χ0n) is 18.2. The summed E-state index contributed by atoms with van der Waals surface area (Å²) in [7, 11) is 0. The SMILES string of the molecule is CCOC(=O)CSc1nnc(COc2cccc3cccnc23)n1-c1cccc(C)c1C. The lowest BCUT2D eigenvalue weighted by molar-refractivity contribution is -0.139. The van der Waals surface area contributed by atoms with E-state index in [9.17, 15) is 4.79 Å². The fourth-order valence-corrected chi connectivity index (χ4v) is 4.13. The molecule has 164 valence electrons. The highest BCUT2D eigenvalue weighted by Crippen LogP contribution is 2.28. The number of rotatable bonds is 8. The van der Waals surface area contributed by atoms with E-state index >= 15 is 0 Å². The van der Waals surface area contributed by atoms with E-state index in [-0.39, 0.29) is 18.3 Å². The molecule has 0 saturated carbocycles. The third-order valence-corrected chi connectivity index (χ3v) is 6.00. The first-order chi connectivity index (χ1) is 15.6. The third kappa shape index (κ3) is 4.60. The van der Waals surface area contributed by atoms with Gasteiger partial charge in [0.25, 0.3) is 0 Å². The van der Waals surface area contributed by atoms with Gasteiger partial charge in [-0.05, 0) is 50.1 Å². The molecule has 2 aromatic heterocycles. The summed E-state index contributed by atoms with van der Waals surface area (Å²) in [4.78, 5) is 16.3. The van der Waals surface area contributed by atoms with Gasteiger partial charge in [0.05, 0.1) is 18.0 Å². The number of benzene rings is 2. The van der Waals surface area contributed by atoms with Gasteiger partial charge < -0.3 is 9.47 Å². The van der Waals surface area contributed by atoms with Crippen LogP contribution in [0.4, 0.5) is 0 Å². The number of fused-ring (bicyclic) bond motifs is 1. The topological polar surface area (TPSA) is 79.1 Å². The maximum absolute atomic E-state index is 11.9. The predicted molar refractivity (Wildman–Crippen MR) is 124 cm³/mol. The molecule has 0 aliphatic carbocycles. The van der Waals surface area contributed by atoms with Gasteiger partial charge in [-0.15, -0.1) is 10.2 Å². The molecule has 0 bridgehead atoms. The van der Waals surface area contributed by atoms with E-state index in [0.717, 1.165) is 27.7 Å². The molecule has 0 radical (unpaired) electrons. The molecule has 0 aliphatic heterocycles. The minimum atomic E-state index is -0.285. The number of carbonyl (C=O) groups excluding carboxylic acids is 1. The Kier molecular flexibility index (Phi) is 6.70. The number of thioether (sulfide) groups is 1. The predicted octanol–water partition coefficient (Wildman–Crippen LogP) is 4.67. The Balaban J connectivity index is 1.67. The molecule has 0 saturated heterocycles. The standard InChI is InChI=1S/C24H24N4O3S/c1-4-30-22(29)15-32-24-27-26-21(28(24)19-11-5-8-16(2)17(19)3)14-31-20-12-6-9-18-10-7-13-25-23(18)20/h5-13H,4,14-15H2,1-3H3. The smallest absolute Gasteiger partial charge is 0.316 e. The largest absolute Gasteiger partial charge is 0.483 e. The number of esters is 1. The molecule has 7 nitrogen and oxygen atoms in total. The first-order valence-corrected chi connectivity index (χ1v) is 11.3. The quantitative estimate of drug-likeness (QED) is 0.286. The van der Waals surface area contributed by atoms with Crippen molar-refractivity contribution in [3.05, 3.63) is 71.7 Å². The first-order valence-electron chi connectivity index (χ1n) is 10.3. The second-order valence-electron chi connectivity index (χ2n) is 7.17. The van der Waals surface area contributed by atoms with Gasteiger partial charge in [-0.3, -0.25) is 14.3 Å². The van der Waals surface area contributed by atoms with Crippen LogP contribution in [0, 0.1) is 13.8 Å². The van der Waals surface area contributed by atoms with Crippen molar-refractivity contribution in [2.24, 2.45) is 0 Å². The molecule has 2 heterocycles. The third-order valence-electron chi connectivity index (χ3n) is 5.09. The van der Waals surface area contributed by atoms with Crippen molar-refractivity contribution in [1.82, 2.24) is 19.7 Å². The average molecular weight is 449 g/mol. The van der Waals surface area contributed by atoms with Crippen molar-refractivity contribution in [2.45, 2.75) is 32.5 Å². The van der Waals surface area contributed by atoms with Crippen LogP contribution in [0.2, 0.25) is 0 Å². The molecular weight excluding hydrogens is 424 g/mol. The molecule has 4 aromatic rings. The molecule has 0 N–H and O–H groups in total. The summed E-state index contributed by atoms with van der Waals surface area (Å²) < 4.78 is 13.1. The number of pyridine rings is 1. The van der Waals surface area contributed by atoms with Gasteiger partial charge in [-0.2, -0.15) is 0 Å². The molecule has 2 aromatic carbocycles. The molecule has 0 fully saturated rings. The number of aromatic nitrogens is 4. The Morgan fingerprint density at radius 2 is 1.88 bits per heavy atom. The monoisotopic (exact) mass is 448 g/mol. The van der Waals surface area contributed by atoms with Crippen LogP contribution in [-0.2, 0) is 16.1 Å². The summed E-state index contributed by atoms with van der Waals surface area (Å²) in [5.41, 5.74) is 4.02. The lowest BCUT2D eigenvalue weighted by Gasteiger charge is -2.15. The maximum atomic E-state index is 11.9. The van der Waals surface area contributed by atoms with E-state index < -0.39 is 0 Å². The molecule has 8 heteroatoms. The van der Waals surface area contributed by atoms with Gasteiger partial charge in [0.2, 0.25) is 0 Å². The van der Waals surface area contributed by atoms with Crippen molar-refractivity contribution in [3.8, 4) is 11.4 Å². The van der Waals surface area contributed by atoms with Crippen molar-refractivity contribution in [1.29, 1.82) is 0 Å². The van der Waals surface area contributed by atoms with E-state index in [1.165, 1.54) is 11.8 Å². The summed E-state index contributed by atoms with van der Waals surface area (Å²) in [6.07, 6.45) is 1.75. The zero-order valence-corrected chi connectivity index (χ0v) is 19.1. The van der Waals surface area contributed by atoms with Gasteiger partial charge in [0, 0.05) is 11.6 Å². The van der Waals surface area contributed by atoms with E-state index in [4.69, 9.17) is 9.47 Å². The van der Waals surface area contributed by atoms with Gasteiger partial charge in [-0.1, -0.05) is 42.1 Å². The molecular formula is C24H24N4O3S. The first kappa shape index (κ1) is 21.8. The molecule has 4 rings (SSSR count). The minimum absolute atomic E-state index is 0.158. The van der Waals surface area contributed by atoms with Crippen LogP contribution in [-0.4, -0.2) is 38.1 Å². The zero-order chi connectivity index (χ0) is 22.5. The van der Waals surface area contributed by atoms with Crippen LogP contribution in [0.25, 0.3) is 16.6 Å². The van der Waals surface area contributed by atoms with Crippen LogP contribution in [0.1, 0.15) is 23.9 Å². The fourth-order valence-electron chi connectivity index (χ4n) is 3.37. The van der Waals surface area contributed by atoms with Crippen LogP contribution in [0.5, 0.6) is 5.75 Å². The summed E-state index contributed by atoms with van der Waals surface area (Å²) >= 11 is 1.30. The Hall–Kier alpha value is -3.39. The molecule has 0 atom stereocenters. The number of para-hydroxylation sites is 1. The average Bonchev–Trinajstić information content (AvgIpc) is 3.21. The summed E-state index contributed by atoms with van der Waals surface area (Å²) in [6, 6.07) is 15.8.